The average Bonchev–Trinajstić information content (AvgIpc) is 2.13. The molecule has 1 nitrogen and oxygen atoms in total. The van der Waals surface area contributed by atoms with E-state index in [-0.39, 0.29) is 10.8 Å². The van der Waals surface area contributed by atoms with Gasteiger partial charge in [0.2, 0.25) is 0 Å². The van der Waals surface area contributed by atoms with E-state index >= 15 is 0 Å². The minimum atomic E-state index is 0.120. The van der Waals surface area contributed by atoms with Gasteiger partial charge in [-0.3, -0.25) is 0 Å². The molecule has 0 heterocycles. The van der Waals surface area contributed by atoms with E-state index < -0.39 is 0 Å². The first-order valence-electron chi connectivity index (χ1n) is 6.19. The van der Waals surface area contributed by atoms with Crippen molar-refractivity contribution in [2.24, 2.45) is 0 Å². The van der Waals surface area contributed by atoms with Gasteiger partial charge in [-0.05, 0) is 40.5 Å². The minimum absolute atomic E-state index is 0.120. The van der Waals surface area contributed by atoms with E-state index in [0.717, 1.165) is 5.75 Å². The third kappa shape index (κ3) is 2.83. The predicted molar refractivity (Wildman–Crippen MR) is 74.0 cm³/mol. The summed E-state index contributed by atoms with van der Waals surface area (Å²) in [6.45, 7) is 15.6. The highest BCUT2D eigenvalue weighted by Gasteiger charge is 2.27. The molecule has 0 bridgehead atoms. The molecule has 1 radical (unpaired) electrons. The molecule has 1 rings (SSSR count). The summed E-state index contributed by atoms with van der Waals surface area (Å²) >= 11 is 0. The molecular formula is C16H25O. The average molecular weight is 233 g/mol. The summed E-state index contributed by atoms with van der Waals surface area (Å²) < 4.78 is 5.39. The first-order chi connectivity index (χ1) is 7.59. The fourth-order valence-electron chi connectivity index (χ4n) is 2.40. The van der Waals surface area contributed by atoms with Crippen LogP contribution < -0.4 is 4.74 Å². The molecule has 1 aromatic carbocycles. The van der Waals surface area contributed by atoms with Crippen LogP contribution in [0.15, 0.2) is 6.07 Å². The van der Waals surface area contributed by atoms with Crippen LogP contribution in [0, 0.1) is 13.0 Å². The zero-order chi connectivity index (χ0) is 13.4. The fourth-order valence-corrected chi connectivity index (χ4v) is 2.40. The quantitative estimate of drug-likeness (QED) is 0.698. The van der Waals surface area contributed by atoms with Crippen LogP contribution in [-0.2, 0) is 10.8 Å². The van der Waals surface area contributed by atoms with Crippen molar-refractivity contribution in [2.45, 2.75) is 59.3 Å². The van der Waals surface area contributed by atoms with Crippen molar-refractivity contribution in [3.63, 3.8) is 0 Å². The Morgan fingerprint density at radius 1 is 1.00 bits per heavy atom. The lowest BCUT2D eigenvalue weighted by atomic mass is 9.73. The van der Waals surface area contributed by atoms with E-state index in [2.05, 4.69) is 60.6 Å². The molecule has 0 fully saturated rings. The molecule has 0 saturated carbocycles. The Balaban J connectivity index is 3.59. The molecule has 0 amide bonds. The summed E-state index contributed by atoms with van der Waals surface area (Å²) in [5.41, 5.74) is 4.22. The molecule has 0 saturated heterocycles. The topological polar surface area (TPSA) is 9.23 Å². The Kier molecular flexibility index (Phi) is 3.61. The van der Waals surface area contributed by atoms with Crippen LogP contribution in [0.3, 0.4) is 0 Å². The first-order valence-corrected chi connectivity index (χ1v) is 6.19. The highest BCUT2D eigenvalue weighted by Crippen LogP contribution is 2.39. The molecule has 0 aliphatic rings. The lowest BCUT2D eigenvalue weighted by Gasteiger charge is -2.32. The molecule has 0 aliphatic carbocycles. The van der Waals surface area contributed by atoms with Gasteiger partial charge >= 0.3 is 0 Å². The zero-order valence-corrected chi connectivity index (χ0v) is 12.5. The van der Waals surface area contributed by atoms with E-state index in [1.54, 1.807) is 7.11 Å². The Labute approximate surface area is 106 Å². The van der Waals surface area contributed by atoms with Crippen molar-refractivity contribution in [3.8, 4) is 5.75 Å². The highest BCUT2D eigenvalue weighted by atomic mass is 16.5. The second kappa shape index (κ2) is 4.36. The molecule has 0 aromatic heterocycles. The van der Waals surface area contributed by atoms with E-state index in [4.69, 9.17) is 4.74 Å². The number of hydrogen-bond donors (Lipinski definition) is 0. The molecular weight excluding hydrogens is 208 g/mol. The van der Waals surface area contributed by atoms with Crippen LogP contribution >= 0.6 is 0 Å². The van der Waals surface area contributed by atoms with Crippen molar-refractivity contribution in [1.82, 2.24) is 0 Å². The summed E-state index contributed by atoms with van der Waals surface area (Å²) in [6.07, 6.45) is 0. The second-order valence-corrected chi connectivity index (χ2v) is 6.74. The number of rotatable bonds is 1. The van der Waals surface area contributed by atoms with Crippen LogP contribution in [0.5, 0.6) is 5.75 Å². The molecule has 95 valence electrons. The van der Waals surface area contributed by atoms with E-state index in [1.807, 2.05) is 0 Å². The van der Waals surface area contributed by atoms with Gasteiger partial charge in [0.15, 0.2) is 0 Å². The standard InChI is InChI=1S/C16H25O/c1-11-13(17-8)10-9-12(15(2,3)4)14(11)16(5,6)7/h9H,1-8H3. The molecule has 0 aliphatic heterocycles. The highest BCUT2D eigenvalue weighted by molar-refractivity contribution is 5.49. The van der Waals surface area contributed by atoms with Crippen LogP contribution in [0.1, 0.15) is 58.2 Å². The third-order valence-electron chi connectivity index (χ3n) is 3.09. The van der Waals surface area contributed by atoms with Crippen molar-refractivity contribution in [1.29, 1.82) is 0 Å². The largest absolute Gasteiger partial charge is 0.496 e. The molecule has 0 spiro atoms. The number of hydrogen-bond acceptors (Lipinski definition) is 1. The molecule has 17 heavy (non-hydrogen) atoms. The van der Waals surface area contributed by atoms with Gasteiger partial charge in [-0.25, -0.2) is 0 Å². The normalized spacial score (nSPS) is 12.7. The number of methoxy groups -OCH3 is 1. The second-order valence-electron chi connectivity index (χ2n) is 6.74. The smallest absolute Gasteiger partial charge is 0.130 e. The molecule has 1 heteroatoms. The lowest BCUT2D eigenvalue weighted by Crippen LogP contribution is -2.23. The summed E-state index contributed by atoms with van der Waals surface area (Å²) in [6, 6.07) is 5.34. The van der Waals surface area contributed by atoms with Gasteiger partial charge in [-0.15, -0.1) is 0 Å². The molecule has 0 unspecified atom stereocenters. The van der Waals surface area contributed by atoms with Gasteiger partial charge < -0.3 is 4.74 Å². The Morgan fingerprint density at radius 2 is 1.53 bits per heavy atom. The maximum absolute atomic E-state index is 5.39. The van der Waals surface area contributed by atoms with Crippen molar-refractivity contribution in [3.05, 3.63) is 28.8 Å². The Bertz CT molecular complexity index is 403. The van der Waals surface area contributed by atoms with Crippen LogP contribution in [0.4, 0.5) is 0 Å². The maximum Gasteiger partial charge on any atom is 0.130 e. The van der Waals surface area contributed by atoms with Gasteiger partial charge in [0, 0.05) is 6.07 Å². The zero-order valence-electron chi connectivity index (χ0n) is 12.5. The van der Waals surface area contributed by atoms with Gasteiger partial charge in [-0.2, -0.15) is 0 Å². The van der Waals surface area contributed by atoms with E-state index in [0.29, 0.717) is 0 Å². The van der Waals surface area contributed by atoms with Gasteiger partial charge in [0.05, 0.1) is 7.11 Å². The lowest BCUT2D eigenvalue weighted by molar-refractivity contribution is 0.406. The Morgan fingerprint density at radius 3 is 1.88 bits per heavy atom. The van der Waals surface area contributed by atoms with Gasteiger partial charge in [-0.1, -0.05) is 41.5 Å². The summed E-state index contributed by atoms with van der Waals surface area (Å²) in [5, 5.41) is 0. The van der Waals surface area contributed by atoms with Gasteiger partial charge in [0.1, 0.15) is 5.75 Å². The number of benzene rings is 1. The van der Waals surface area contributed by atoms with Crippen LogP contribution in [0.25, 0.3) is 0 Å². The Hall–Kier alpha value is -0.980. The van der Waals surface area contributed by atoms with E-state index in [9.17, 15) is 0 Å². The summed E-state index contributed by atoms with van der Waals surface area (Å²) in [4.78, 5) is 0. The first kappa shape index (κ1) is 14.1. The van der Waals surface area contributed by atoms with Crippen LogP contribution in [-0.4, -0.2) is 7.11 Å². The molecule has 0 N–H and O–H groups in total. The third-order valence-corrected chi connectivity index (χ3v) is 3.09. The maximum atomic E-state index is 5.39. The van der Waals surface area contributed by atoms with Crippen molar-refractivity contribution < 1.29 is 4.74 Å². The number of ether oxygens (including phenoxy) is 1. The summed E-state index contributed by atoms with van der Waals surface area (Å²) in [7, 11) is 1.71. The van der Waals surface area contributed by atoms with E-state index in [1.165, 1.54) is 16.7 Å². The van der Waals surface area contributed by atoms with Crippen molar-refractivity contribution >= 4 is 0 Å². The monoisotopic (exact) mass is 233 g/mol. The minimum Gasteiger partial charge on any atom is -0.496 e. The van der Waals surface area contributed by atoms with Gasteiger partial charge in [0.25, 0.3) is 0 Å². The fraction of sp³-hybridized carbons (Fsp3) is 0.625. The predicted octanol–water partition coefficient (Wildman–Crippen LogP) is 4.40. The summed E-state index contributed by atoms with van der Waals surface area (Å²) in [5.74, 6) is 0.864. The SMILES string of the molecule is COc1[c]cc(C(C)(C)C)c(C(C)(C)C)c1C. The molecule has 1 aromatic rings. The van der Waals surface area contributed by atoms with Crippen molar-refractivity contribution in [2.75, 3.05) is 7.11 Å². The molecule has 0 atom stereocenters. The van der Waals surface area contributed by atoms with Crippen LogP contribution in [0.2, 0.25) is 0 Å².